The van der Waals surface area contributed by atoms with Gasteiger partial charge in [0.25, 0.3) is 0 Å². The molecule has 0 radical (unpaired) electrons. The van der Waals surface area contributed by atoms with Gasteiger partial charge in [0, 0.05) is 29.6 Å². The standard InChI is InChI=1S/C16H19ClN2O2/c17-12-5-7-14(8-6-12)19-10-13(9-15(19)20)18-16(21)11-3-1-2-4-11/h5-8,11,13H,1-4,9-10H2,(H,18,21)/t13-/m1/s1. The van der Waals surface area contributed by atoms with Crippen molar-refractivity contribution in [3.63, 3.8) is 0 Å². The molecule has 112 valence electrons. The largest absolute Gasteiger partial charge is 0.351 e. The summed E-state index contributed by atoms with van der Waals surface area (Å²) in [5.41, 5.74) is 0.835. The van der Waals surface area contributed by atoms with E-state index in [0.29, 0.717) is 18.0 Å². The molecule has 0 bridgehead atoms. The van der Waals surface area contributed by atoms with Gasteiger partial charge >= 0.3 is 0 Å². The lowest BCUT2D eigenvalue weighted by atomic mass is 10.1. The third-order valence-corrected chi connectivity index (χ3v) is 4.59. The molecule has 4 nitrogen and oxygen atoms in total. The smallest absolute Gasteiger partial charge is 0.229 e. The molecule has 1 atom stereocenters. The van der Waals surface area contributed by atoms with E-state index < -0.39 is 0 Å². The zero-order valence-corrected chi connectivity index (χ0v) is 12.6. The maximum atomic E-state index is 12.1. The molecule has 2 fully saturated rings. The van der Waals surface area contributed by atoms with Crippen LogP contribution in [0, 0.1) is 5.92 Å². The van der Waals surface area contributed by atoms with E-state index in [9.17, 15) is 9.59 Å². The van der Waals surface area contributed by atoms with Crippen molar-refractivity contribution in [1.29, 1.82) is 0 Å². The Morgan fingerprint density at radius 3 is 2.52 bits per heavy atom. The first kappa shape index (κ1) is 14.4. The minimum absolute atomic E-state index is 0.0500. The summed E-state index contributed by atoms with van der Waals surface area (Å²) in [4.78, 5) is 26.0. The molecule has 1 aliphatic heterocycles. The first-order chi connectivity index (χ1) is 10.1. The van der Waals surface area contributed by atoms with Crippen LogP contribution in [0.2, 0.25) is 5.02 Å². The number of hydrogen-bond donors (Lipinski definition) is 1. The molecule has 3 rings (SSSR count). The molecule has 2 amide bonds. The van der Waals surface area contributed by atoms with Gasteiger partial charge in [-0.25, -0.2) is 0 Å². The normalized spacial score (nSPS) is 22.8. The zero-order chi connectivity index (χ0) is 14.8. The highest BCUT2D eigenvalue weighted by atomic mass is 35.5. The molecule has 1 saturated carbocycles. The van der Waals surface area contributed by atoms with Gasteiger partial charge in [-0.2, -0.15) is 0 Å². The number of hydrogen-bond acceptors (Lipinski definition) is 2. The summed E-state index contributed by atoms with van der Waals surface area (Å²) in [5, 5.41) is 3.68. The number of nitrogens with zero attached hydrogens (tertiary/aromatic N) is 1. The summed E-state index contributed by atoms with van der Waals surface area (Å²) in [6.45, 7) is 0.541. The fourth-order valence-electron chi connectivity index (χ4n) is 3.18. The Morgan fingerprint density at radius 2 is 1.86 bits per heavy atom. The monoisotopic (exact) mass is 306 g/mol. The molecular formula is C16H19ClN2O2. The molecule has 2 aliphatic rings. The van der Waals surface area contributed by atoms with Crippen LogP contribution in [0.15, 0.2) is 24.3 Å². The Balaban J connectivity index is 1.61. The van der Waals surface area contributed by atoms with Gasteiger partial charge in [0.2, 0.25) is 11.8 Å². The Morgan fingerprint density at radius 1 is 1.19 bits per heavy atom. The van der Waals surface area contributed by atoms with Gasteiger partial charge in [-0.3, -0.25) is 9.59 Å². The van der Waals surface area contributed by atoms with Crippen molar-refractivity contribution < 1.29 is 9.59 Å². The number of carbonyl (C=O) groups excluding carboxylic acids is 2. The third kappa shape index (κ3) is 3.21. The molecular weight excluding hydrogens is 288 g/mol. The maximum Gasteiger partial charge on any atom is 0.229 e. The highest BCUT2D eigenvalue weighted by molar-refractivity contribution is 6.30. The minimum atomic E-state index is -0.0821. The quantitative estimate of drug-likeness (QED) is 0.933. The van der Waals surface area contributed by atoms with Crippen molar-refractivity contribution in [2.45, 2.75) is 38.1 Å². The van der Waals surface area contributed by atoms with Crippen molar-refractivity contribution in [2.24, 2.45) is 5.92 Å². The fourth-order valence-corrected chi connectivity index (χ4v) is 3.31. The topological polar surface area (TPSA) is 49.4 Å². The fraction of sp³-hybridized carbons (Fsp3) is 0.500. The van der Waals surface area contributed by atoms with Crippen LogP contribution in [0.25, 0.3) is 0 Å². The van der Waals surface area contributed by atoms with Crippen molar-refractivity contribution in [2.75, 3.05) is 11.4 Å². The lowest BCUT2D eigenvalue weighted by molar-refractivity contribution is -0.125. The summed E-state index contributed by atoms with van der Waals surface area (Å²) >= 11 is 5.86. The number of anilines is 1. The molecule has 1 N–H and O–H groups in total. The minimum Gasteiger partial charge on any atom is -0.351 e. The van der Waals surface area contributed by atoms with E-state index >= 15 is 0 Å². The Labute approximate surface area is 129 Å². The average Bonchev–Trinajstić information content (AvgIpc) is 3.10. The predicted molar refractivity (Wildman–Crippen MR) is 82.3 cm³/mol. The first-order valence-corrected chi connectivity index (χ1v) is 7.87. The Hall–Kier alpha value is -1.55. The van der Waals surface area contributed by atoms with Crippen molar-refractivity contribution in [3.05, 3.63) is 29.3 Å². The summed E-state index contributed by atoms with van der Waals surface area (Å²) in [5.74, 6) is 0.307. The second-order valence-corrected chi connectivity index (χ2v) is 6.31. The second-order valence-electron chi connectivity index (χ2n) is 5.87. The number of halogens is 1. The van der Waals surface area contributed by atoms with Gasteiger partial charge in [-0.05, 0) is 37.1 Å². The Bertz CT molecular complexity index is 538. The predicted octanol–water partition coefficient (Wildman–Crippen LogP) is 2.75. The van der Waals surface area contributed by atoms with Crippen LogP contribution in [-0.4, -0.2) is 24.4 Å². The highest BCUT2D eigenvalue weighted by Gasteiger charge is 2.33. The van der Waals surface area contributed by atoms with Crippen LogP contribution in [-0.2, 0) is 9.59 Å². The van der Waals surface area contributed by atoms with Crippen molar-refractivity contribution in [1.82, 2.24) is 5.32 Å². The highest BCUT2D eigenvalue weighted by Crippen LogP contribution is 2.26. The molecule has 1 aromatic rings. The molecule has 1 saturated heterocycles. The van der Waals surface area contributed by atoms with E-state index in [0.717, 1.165) is 31.4 Å². The van der Waals surface area contributed by atoms with E-state index in [1.165, 1.54) is 0 Å². The molecule has 5 heteroatoms. The van der Waals surface area contributed by atoms with Crippen LogP contribution in [0.3, 0.4) is 0 Å². The maximum absolute atomic E-state index is 12.1. The Kier molecular flexibility index (Phi) is 4.15. The van der Waals surface area contributed by atoms with Gasteiger partial charge in [-0.15, -0.1) is 0 Å². The van der Waals surface area contributed by atoms with Gasteiger partial charge < -0.3 is 10.2 Å². The van der Waals surface area contributed by atoms with Gasteiger partial charge in [0.05, 0.1) is 6.04 Å². The average molecular weight is 307 g/mol. The number of amides is 2. The molecule has 1 heterocycles. The first-order valence-electron chi connectivity index (χ1n) is 7.50. The van der Waals surface area contributed by atoms with Crippen molar-refractivity contribution in [3.8, 4) is 0 Å². The summed E-state index contributed by atoms with van der Waals surface area (Å²) < 4.78 is 0. The molecule has 0 aromatic heterocycles. The SMILES string of the molecule is O=C(N[C@@H]1CC(=O)N(c2ccc(Cl)cc2)C1)C1CCCC1. The number of carbonyl (C=O) groups is 2. The van der Waals surface area contributed by atoms with Crippen LogP contribution >= 0.6 is 11.6 Å². The van der Waals surface area contributed by atoms with E-state index in [1.54, 1.807) is 17.0 Å². The molecule has 0 spiro atoms. The van der Waals surface area contributed by atoms with Crippen LogP contribution in [0.5, 0.6) is 0 Å². The summed E-state index contributed by atoms with van der Waals surface area (Å²) in [6, 6.07) is 7.13. The summed E-state index contributed by atoms with van der Waals surface area (Å²) in [7, 11) is 0. The molecule has 1 aromatic carbocycles. The molecule has 1 aliphatic carbocycles. The van der Waals surface area contributed by atoms with Gasteiger partial charge in [0.1, 0.15) is 0 Å². The molecule has 21 heavy (non-hydrogen) atoms. The van der Waals surface area contributed by atoms with E-state index in [1.807, 2.05) is 12.1 Å². The van der Waals surface area contributed by atoms with E-state index in [-0.39, 0.29) is 23.8 Å². The van der Waals surface area contributed by atoms with Crippen LogP contribution in [0.1, 0.15) is 32.1 Å². The number of benzene rings is 1. The number of rotatable bonds is 3. The third-order valence-electron chi connectivity index (χ3n) is 4.34. The lowest BCUT2D eigenvalue weighted by Crippen LogP contribution is -2.40. The van der Waals surface area contributed by atoms with Gasteiger partial charge in [0.15, 0.2) is 0 Å². The van der Waals surface area contributed by atoms with E-state index in [2.05, 4.69) is 5.32 Å². The molecule has 0 unspecified atom stereocenters. The van der Waals surface area contributed by atoms with Gasteiger partial charge in [-0.1, -0.05) is 24.4 Å². The second kappa shape index (κ2) is 6.06. The van der Waals surface area contributed by atoms with Crippen molar-refractivity contribution >= 4 is 29.1 Å². The number of nitrogens with one attached hydrogen (secondary N) is 1. The zero-order valence-electron chi connectivity index (χ0n) is 11.8. The summed E-state index contributed by atoms with van der Waals surface area (Å²) in [6.07, 6.45) is 4.61. The lowest BCUT2D eigenvalue weighted by Gasteiger charge is -2.18. The van der Waals surface area contributed by atoms with E-state index in [4.69, 9.17) is 11.6 Å². The van der Waals surface area contributed by atoms with Crippen LogP contribution in [0.4, 0.5) is 5.69 Å². The van der Waals surface area contributed by atoms with Crippen LogP contribution < -0.4 is 10.2 Å².